The van der Waals surface area contributed by atoms with Gasteiger partial charge in [-0.05, 0) is 38.5 Å². The Morgan fingerprint density at radius 1 is 1.33 bits per heavy atom. The molecule has 0 aromatic carbocycles. The molecule has 5 nitrogen and oxygen atoms in total. The fourth-order valence-corrected chi connectivity index (χ4v) is 2.32. The van der Waals surface area contributed by atoms with Crippen LogP contribution in [0.2, 0.25) is 0 Å². The van der Waals surface area contributed by atoms with Crippen molar-refractivity contribution in [3.05, 3.63) is 0 Å². The lowest BCUT2D eigenvalue weighted by molar-refractivity contribution is -0.137. The van der Waals surface area contributed by atoms with Gasteiger partial charge in [-0.15, -0.1) is 0 Å². The number of carbonyl (C=O) groups excluding carboxylic acids is 1. The lowest BCUT2D eigenvalue weighted by Crippen LogP contribution is -2.50. The van der Waals surface area contributed by atoms with E-state index in [9.17, 15) is 9.59 Å². The number of nitrogens with zero attached hydrogens (tertiary/aromatic N) is 1. The second-order valence-corrected chi connectivity index (χ2v) is 5.14. The SMILES string of the molecule is CC1CCCN(C(=O)NCCCCC(=O)O)C1C. The third-order valence-corrected chi connectivity index (χ3v) is 3.73. The van der Waals surface area contributed by atoms with Crippen LogP contribution in [0.5, 0.6) is 0 Å². The van der Waals surface area contributed by atoms with Crippen molar-refractivity contribution in [1.29, 1.82) is 0 Å². The van der Waals surface area contributed by atoms with E-state index in [2.05, 4.69) is 19.2 Å². The Bertz CT molecular complexity index is 294. The van der Waals surface area contributed by atoms with E-state index < -0.39 is 5.97 Å². The molecule has 2 atom stereocenters. The van der Waals surface area contributed by atoms with Gasteiger partial charge in [0.15, 0.2) is 0 Å². The molecule has 1 heterocycles. The first-order chi connectivity index (χ1) is 8.52. The molecule has 1 fully saturated rings. The summed E-state index contributed by atoms with van der Waals surface area (Å²) < 4.78 is 0. The van der Waals surface area contributed by atoms with Crippen LogP contribution in [-0.2, 0) is 4.79 Å². The number of aliphatic carboxylic acids is 1. The standard InChI is InChI=1S/C13H24N2O3/c1-10-6-5-9-15(11(10)2)13(18)14-8-4-3-7-12(16)17/h10-11H,3-9H2,1-2H3,(H,14,18)(H,16,17). The Kier molecular flexibility index (Phi) is 5.95. The van der Waals surface area contributed by atoms with E-state index >= 15 is 0 Å². The highest BCUT2D eigenvalue weighted by Gasteiger charge is 2.27. The fourth-order valence-electron chi connectivity index (χ4n) is 2.32. The smallest absolute Gasteiger partial charge is 0.317 e. The molecule has 18 heavy (non-hydrogen) atoms. The van der Waals surface area contributed by atoms with Crippen LogP contribution < -0.4 is 5.32 Å². The van der Waals surface area contributed by atoms with Gasteiger partial charge in [-0.25, -0.2) is 4.79 Å². The first kappa shape index (κ1) is 14.8. The van der Waals surface area contributed by atoms with E-state index in [1.54, 1.807) is 0 Å². The quantitative estimate of drug-likeness (QED) is 0.740. The van der Waals surface area contributed by atoms with Crippen molar-refractivity contribution in [2.24, 2.45) is 5.92 Å². The van der Waals surface area contributed by atoms with Gasteiger partial charge in [0, 0.05) is 25.6 Å². The van der Waals surface area contributed by atoms with E-state index in [4.69, 9.17) is 5.11 Å². The van der Waals surface area contributed by atoms with Crippen LogP contribution in [0.3, 0.4) is 0 Å². The largest absolute Gasteiger partial charge is 0.481 e. The van der Waals surface area contributed by atoms with Gasteiger partial charge in [0.05, 0.1) is 0 Å². The van der Waals surface area contributed by atoms with Crippen LogP contribution in [0.4, 0.5) is 4.79 Å². The number of carboxylic acids is 1. The number of carboxylic acid groups (broad SMARTS) is 1. The van der Waals surface area contributed by atoms with Gasteiger partial charge in [-0.3, -0.25) is 4.79 Å². The topological polar surface area (TPSA) is 69.6 Å². The Labute approximate surface area is 109 Å². The number of rotatable bonds is 5. The zero-order chi connectivity index (χ0) is 13.5. The van der Waals surface area contributed by atoms with Crippen molar-refractivity contribution in [2.75, 3.05) is 13.1 Å². The predicted octanol–water partition coefficient (Wildman–Crippen LogP) is 2.07. The normalized spacial score (nSPS) is 23.8. The molecule has 1 aliphatic heterocycles. The van der Waals surface area contributed by atoms with Gasteiger partial charge >= 0.3 is 12.0 Å². The third-order valence-electron chi connectivity index (χ3n) is 3.73. The summed E-state index contributed by atoms with van der Waals surface area (Å²) in [5, 5.41) is 11.4. The second kappa shape index (κ2) is 7.24. The highest BCUT2D eigenvalue weighted by atomic mass is 16.4. The number of hydrogen-bond acceptors (Lipinski definition) is 2. The summed E-state index contributed by atoms with van der Waals surface area (Å²) in [7, 11) is 0. The number of piperidine rings is 1. The molecule has 2 N–H and O–H groups in total. The van der Waals surface area contributed by atoms with Gasteiger partial charge in [0.2, 0.25) is 0 Å². The molecule has 0 saturated carbocycles. The van der Waals surface area contributed by atoms with Crippen molar-refractivity contribution in [3.8, 4) is 0 Å². The summed E-state index contributed by atoms with van der Waals surface area (Å²) in [5.74, 6) is -0.226. The monoisotopic (exact) mass is 256 g/mol. The molecule has 1 aliphatic rings. The Morgan fingerprint density at radius 2 is 2.06 bits per heavy atom. The molecule has 2 amide bonds. The lowest BCUT2D eigenvalue weighted by atomic mass is 9.92. The molecule has 1 rings (SSSR count). The van der Waals surface area contributed by atoms with Crippen molar-refractivity contribution in [2.45, 2.75) is 52.0 Å². The highest BCUT2D eigenvalue weighted by molar-refractivity contribution is 5.74. The summed E-state index contributed by atoms with van der Waals surface area (Å²) in [4.78, 5) is 24.2. The molecule has 0 radical (unpaired) electrons. The molecular formula is C13H24N2O3. The Hall–Kier alpha value is -1.26. The molecule has 0 aromatic heterocycles. The number of unbranched alkanes of at least 4 members (excludes halogenated alkanes) is 1. The van der Waals surface area contributed by atoms with Gasteiger partial charge in [-0.2, -0.15) is 0 Å². The first-order valence-corrected chi connectivity index (χ1v) is 6.78. The van der Waals surface area contributed by atoms with Crippen molar-refractivity contribution in [1.82, 2.24) is 10.2 Å². The van der Waals surface area contributed by atoms with Gasteiger partial charge in [0.1, 0.15) is 0 Å². The van der Waals surface area contributed by atoms with Crippen LogP contribution >= 0.6 is 0 Å². The minimum Gasteiger partial charge on any atom is -0.481 e. The predicted molar refractivity (Wildman–Crippen MR) is 69.5 cm³/mol. The van der Waals surface area contributed by atoms with Crippen molar-refractivity contribution >= 4 is 12.0 Å². The van der Waals surface area contributed by atoms with Crippen LogP contribution in [-0.4, -0.2) is 41.1 Å². The third kappa shape index (κ3) is 4.55. The molecule has 0 aliphatic carbocycles. The molecule has 0 aromatic rings. The van der Waals surface area contributed by atoms with Gasteiger partial charge < -0.3 is 15.3 Å². The van der Waals surface area contributed by atoms with E-state index in [1.165, 1.54) is 6.42 Å². The van der Waals surface area contributed by atoms with Crippen LogP contribution in [0.15, 0.2) is 0 Å². The van der Waals surface area contributed by atoms with Gasteiger partial charge in [-0.1, -0.05) is 6.92 Å². The maximum absolute atomic E-state index is 11.9. The number of likely N-dealkylation sites (tertiary alicyclic amines) is 1. The summed E-state index contributed by atoms with van der Waals surface area (Å²) in [6.07, 6.45) is 3.76. The first-order valence-electron chi connectivity index (χ1n) is 6.78. The van der Waals surface area contributed by atoms with Crippen LogP contribution in [0.1, 0.15) is 46.0 Å². The zero-order valence-electron chi connectivity index (χ0n) is 11.3. The lowest BCUT2D eigenvalue weighted by Gasteiger charge is -2.37. The van der Waals surface area contributed by atoms with Crippen molar-refractivity contribution in [3.63, 3.8) is 0 Å². The van der Waals surface area contributed by atoms with Crippen LogP contribution in [0.25, 0.3) is 0 Å². The summed E-state index contributed by atoms with van der Waals surface area (Å²) in [5.41, 5.74) is 0. The molecule has 5 heteroatoms. The molecule has 1 saturated heterocycles. The molecule has 0 bridgehead atoms. The van der Waals surface area contributed by atoms with E-state index in [0.717, 1.165) is 19.4 Å². The number of nitrogens with one attached hydrogen (secondary N) is 1. The maximum atomic E-state index is 11.9. The maximum Gasteiger partial charge on any atom is 0.317 e. The zero-order valence-corrected chi connectivity index (χ0v) is 11.3. The van der Waals surface area contributed by atoms with Gasteiger partial charge in [0.25, 0.3) is 0 Å². The number of hydrogen-bond donors (Lipinski definition) is 2. The summed E-state index contributed by atoms with van der Waals surface area (Å²) in [6, 6.07) is 0.280. The number of urea groups is 1. The summed E-state index contributed by atoms with van der Waals surface area (Å²) >= 11 is 0. The highest BCUT2D eigenvalue weighted by Crippen LogP contribution is 2.22. The summed E-state index contributed by atoms with van der Waals surface area (Å²) in [6.45, 7) is 5.65. The van der Waals surface area contributed by atoms with E-state index in [0.29, 0.717) is 18.9 Å². The molecule has 0 spiro atoms. The van der Waals surface area contributed by atoms with Crippen molar-refractivity contribution < 1.29 is 14.7 Å². The Balaban J connectivity index is 2.21. The minimum atomic E-state index is -0.778. The average molecular weight is 256 g/mol. The fraction of sp³-hybridized carbons (Fsp3) is 0.846. The Morgan fingerprint density at radius 3 is 2.72 bits per heavy atom. The molecule has 2 unspecified atom stereocenters. The van der Waals surface area contributed by atoms with E-state index in [1.807, 2.05) is 4.90 Å². The number of amides is 2. The van der Waals surface area contributed by atoms with Crippen LogP contribution in [0, 0.1) is 5.92 Å². The molecular weight excluding hydrogens is 232 g/mol. The van der Waals surface area contributed by atoms with E-state index in [-0.39, 0.29) is 18.5 Å². The average Bonchev–Trinajstić information content (AvgIpc) is 2.31. The second-order valence-electron chi connectivity index (χ2n) is 5.14. The minimum absolute atomic E-state index is 0.00984. The number of carbonyl (C=O) groups is 2. The molecule has 104 valence electrons.